The summed E-state index contributed by atoms with van der Waals surface area (Å²) in [7, 11) is 2.29. The number of hydrogen-bond acceptors (Lipinski definition) is 4. The standard InChI is InChI=1S/C17H21N3O2S/c1-17(10-20(2)7-5-11(17)6-8-20)18-16(22)15-13-9-12(21)3-4-14(13)23-19-15/h3-4,9,11H,5-8,10H2,1-2H3,(H-,18,21,22)/p+1. The number of quaternary nitrogens is 1. The second-order valence-corrected chi connectivity index (χ2v) is 8.39. The van der Waals surface area contributed by atoms with E-state index in [4.69, 9.17) is 0 Å². The Kier molecular flexibility index (Phi) is 3.19. The highest BCUT2D eigenvalue weighted by Gasteiger charge is 2.51. The highest BCUT2D eigenvalue weighted by atomic mass is 32.1. The topological polar surface area (TPSA) is 62.2 Å². The van der Waals surface area contributed by atoms with Gasteiger partial charge in [0.25, 0.3) is 5.91 Å². The van der Waals surface area contributed by atoms with Crippen LogP contribution in [0.4, 0.5) is 0 Å². The number of hydrogen-bond donors (Lipinski definition) is 2. The van der Waals surface area contributed by atoms with Crippen molar-refractivity contribution in [2.24, 2.45) is 5.92 Å². The highest BCUT2D eigenvalue weighted by Crippen LogP contribution is 2.39. The molecule has 3 fully saturated rings. The molecule has 1 amide bonds. The first-order valence-corrected chi connectivity index (χ1v) is 8.90. The first kappa shape index (κ1) is 14.9. The number of likely N-dealkylation sites (N-methyl/N-ethyl adjacent to an activating group) is 1. The molecule has 0 spiro atoms. The summed E-state index contributed by atoms with van der Waals surface area (Å²) < 4.78 is 6.30. The van der Waals surface area contributed by atoms with Gasteiger partial charge in [-0.05, 0) is 42.6 Å². The summed E-state index contributed by atoms with van der Waals surface area (Å²) in [4.78, 5) is 12.8. The third-order valence-electron chi connectivity index (χ3n) is 5.71. The first-order chi connectivity index (χ1) is 10.9. The summed E-state index contributed by atoms with van der Waals surface area (Å²) in [5.41, 5.74) is 0.260. The van der Waals surface area contributed by atoms with Crippen LogP contribution >= 0.6 is 11.5 Å². The molecule has 23 heavy (non-hydrogen) atoms. The number of piperidine rings is 3. The molecule has 0 aliphatic carbocycles. The lowest BCUT2D eigenvalue weighted by atomic mass is 9.72. The van der Waals surface area contributed by atoms with Crippen molar-refractivity contribution in [3.8, 4) is 5.75 Å². The molecule has 1 atom stereocenters. The van der Waals surface area contributed by atoms with E-state index >= 15 is 0 Å². The summed E-state index contributed by atoms with van der Waals surface area (Å²) in [6.07, 6.45) is 2.35. The summed E-state index contributed by atoms with van der Waals surface area (Å²) >= 11 is 1.30. The van der Waals surface area contributed by atoms with Crippen LogP contribution < -0.4 is 5.32 Å². The van der Waals surface area contributed by atoms with Crippen LogP contribution in [0.3, 0.4) is 0 Å². The Morgan fingerprint density at radius 2 is 2.17 bits per heavy atom. The summed E-state index contributed by atoms with van der Waals surface area (Å²) in [6.45, 7) is 5.58. The van der Waals surface area contributed by atoms with Gasteiger partial charge in [-0.25, -0.2) is 0 Å². The Labute approximate surface area is 139 Å². The molecular weight excluding hydrogens is 310 g/mol. The third-order valence-corrected chi connectivity index (χ3v) is 6.54. The van der Waals surface area contributed by atoms with Gasteiger partial charge >= 0.3 is 0 Å². The molecule has 1 aromatic heterocycles. The van der Waals surface area contributed by atoms with Gasteiger partial charge in [-0.2, -0.15) is 4.37 Å². The Balaban J connectivity index is 1.63. The zero-order valence-electron chi connectivity index (χ0n) is 13.5. The van der Waals surface area contributed by atoms with Crippen molar-refractivity contribution in [3.05, 3.63) is 23.9 Å². The van der Waals surface area contributed by atoms with E-state index in [1.54, 1.807) is 18.2 Å². The molecule has 5 rings (SSSR count). The summed E-state index contributed by atoms with van der Waals surface area (Å²) in [5.74, 6) is 0.591. The SMILES string of the molecule is CC1(NC(=O)c2nsc3ccc(O)cc23)C[N+]2(C)CCC1CC2. The van der Waals surface area contributed by atoms with E-state index in [1.807, 2.05) is 0 Å². The maximum atomic E-state index is 12.8. The lowest BCUT2D eigenvalue weighted by Crippen LogP contribution is -2.71. The average Bonchev–Trinajstić information content (AvgIpc) is 2.89. The van der Waals surface area contributed by atoms with E-state index in [9.17, 15) is 9.90 Å². The third kappa shape index (κ3) is 2.40. The number of nitrogens with zero attached hydrogens (tertiary/aromatic N) is 2. The number of aromatic hydroxyl groups is 1. The second-order valence-electron chi connectivity index (χ2n) is 7.58. The van der Waals surface area contributed by atoms with Crippen LogP contribution in [0.2, 0.25) is 0 Å². The number of phenols is 1. The molecule has 6 heteroatoms. The molecule has 2 N–H and O–H groups in total. The van der Waals surface area contributed by atoms with E-state index < -0.39 is 0 Å². The molecule has 3 aliphatic rings. The van der Waals surface area contributed by atoms with Gasteiger partial charge in [0, 0.05) is 18.2 Å². The minimum absolute atomic E-state index is 0.121. The van der Waals surface area contributed by atoms with E-state index in [1.165, 1.54) is 37.5 Å². The van der Waals surface area contributed by atoms with Crippen LogP contribution in [0.1, 0.15) is 30.3 Å². The molecule has 122 valence electrons. The molecule has 2 aromatic rings. The number of carbonyl (C=O) groups excluding carboxylic acids is 1. The predicted octanol–water partition coefficient (Wildman–Crippen LogP) is 2.36. The average molecular weight is 332 g/mol. The van der Waals surface area contributed by atoms with Gasteiger partial charge in [-0.1, -0.05) is 0 Å². The maximum absolute atomic E-state index is 12.8. The molecule has 2 bridgehead atoms. The Morgan fingerprint density at radius 3 is 2.87 bits per heavy atom. The molecule has 1 unspecified atom stereocenters. The normalized spacial score (nSPS) is 33.0. The van der Waals surface area contributed by atoms with Crippen molar-refractivity contribution in [2.75, 3.05) is 26.7 Å². The Hall–Kier alpha value is -1.66. The number of rotatable bonds is 2. The highest BCUT2D eigenvalue weighted by molar-refractivity contribution is 7.13. The van der Waals surface area contributed by atoms with Gasteiger partial charge in [0.2, 0.25) is 0 Å². The molecule has 3 saturated heterocycles. The van der Waals surface area contributed by atoms with E-state index in [-0.39, 0.29) is 17.2 Å². The molecule has 3 aliphatic heterocycles. The van der Waals surface area contributed by atoms with Crippen LogP contribution in [-0.4, -0.2) is 52.1 Å². The van der Waals surface area contributed by atoms with Crippen molar-refractivity contribution in [1.29, 1.82) is 0 Å². The van der Waals surface area contributed by atoms with Crippen molar-refractivity contribution in [2.45, 2.75) is 25.3 Å². The fourth-order valence-corrected chi connectivity index (χ4v) is 5.21. The first-order valence-electron chi connectivity index (χ1n) is 8.13. The van der Waals surface area contributed by atoms with Crippen molar-refractivity contribution in [1.82, 2.24) is 9.69 Å². The molecule has 4 heterocycles. The second kappa shape index (κ2) is 4.92. The molecular formula is C17H22N3O2S+. The zero-order chi connectivity index (χ0) is 16.2. The number of benzene rings is 1. The van der Waals surface area contributed by atoms with Gasteiger partial charge in [-0.3, -0.25) is 4.79 Å². The molecule has 1 aromatic carbocycles. The fourth-order valence-electron chi connectivity index (χ4n) is 4.46. The van der Waals surface area contributed by atoms with Crippen LogP contribution in [0, 0.1) is 5.92 Å². The smallest absolute Gasteiger partial charge is 0.272 e. The summed E-state index contributed by atoms with van der Waals surface area (Å²) in [6, 6.07) is 5.06. The number of carbonyl (C=O) groups is 1. The minimum atomic E-state index is -0.172. The minimum Gasteiger partial charge on any atom is -0.508 e. The largest absolute Gasteiger partial charge is 0.508 e. The van der Waals surface area contributed by atoms with Crippen LogP contribution in [0.15, 0.2) is 18.2 Å². The number of amides is 1. The van der Waals surface area contributed by atoms with Gasteiger partial charge in [0.15, 0.2) is 0 Å². The van der Waals surface area contributed by atoms with Crippen LogP contribution in [0.5, 0.6) is 5.75 Å². The van der Waals surface area contributed by atoms with Gasteiger partial charge in [-0.15, -0.1) is 0 Å². The fraction of sp³-hybridized carbons (Fsp3) is 0.529. The number of fused-ring (bicyclic) bond motifs is 4. The van der Waals surface area contributed by atoms with Gasteiger partial charge in [0.1, 0.15) is 18.0 Å². The van der Waals surface area contributed by atoms with Crippen LogP contribution in [-0.2, 0) is 0 Å². The van der Waals surface area contributed by atoms with Gasteiger partial charge in [0.05, 0.1) is 30.4 Å². The number of nitrogens with one attached hydrogen (secondary N) is 1. The molecule has 0 saturated carbocycles. The lowest BCUT2D eigenvalue weighted by molar-refractivity contribution is -0.929. The van der Waals surface area contributed by atoms with E-state index in [2.05, 4.69) is 23.7 Å². The van der Waals surface area contributed by atoms with E-state index in [0.717, 1.165) is 21.1 Å². The van der Waals surface area contributed by atoms with Crippen molar-refractivity contribution >= 4 is 27.5 Å². The molecule has 5 nitrogen and oxygen atoms in total. The monoisotopic (exact) mass is 332 g/mol. The predicted molar refractivity (Wildman–Crippen MR) is 90.7 cm³/mol. The Bertz CT molecular complexity index is 779. The van der Waals surface area contributed by atoms with Crippen molar-refractivity contribution < 1.29 is 14.4 Å². The van der Waals surface area contributed by atoms with E-state index in [0.29, 0.717) is 11.6 Å². The lowest BCUT2D eigenvalue weighted by Gasteiger charge is -2.55. The maximum Gasteiger partial charge on any atom is 0.272 e. The summed E-state index contributed by atoms with van der Waals surface area (Å²) in [5, 5.41) is 13.7. The Morgan fingerprint density at radius 1 is 1.43 bits per heavy atom. The van der Waals surface area contributed by atoms with Gasteiger partial charge < -0.3 is 14.9 Å². The number of aromatic nitrogens is 1. The van der Waals surface area contributed by atoms with Crippen molar-refractivity contribution in [3.63, 3.8) is 0 Å². The number of phenolic OH excluding ortho intramolecular Hbond substituents is 1. The quantitative estimate of drug-likeness (QED) is 0.830. The zero-order valence-corrected chi connectivity index (χ0v) is 14.3. The molecule has 0 radical (unpaired) electrons. The van der Waals surface area contributed by atoms with Crippen LogP contribution in [0.25, 0.3) is 10.1 Å².